The maximum Gasteiger partial charge on any atom is 0.314 e. The predicted molar refractivity (Wildman–Crippen MR) is 57.9 cm³/mol. The summed E-state index contributed by atoms with van der Waals surface area (Å²) in [6.45, 7) is 1.77. The highest BCUT2D eigenvalue weighted by Crippen LogP contribution is 2.09. The molecule has 1 rings (SSSR count). The minimum Gasteiger partial charge on any atom is -0.465 e. The van der Waals surface area contributed by atoms with Crippen molar-refractivity contribution in [3.63, 3.8) is 0 Å². The standard InChI is InChI=1S/C12H14O4/c1-2-11(13)15-9-8-12(14)16-10-6-4-3-5-7-10/h3-7H,2,8-9H2,1H3. The van der Waals surface area contributed by atoms with E-state index in [0.29, 0.717) is 12.2 Å². The number of para-hydroxylation sites is 1. The molecule has 0 atom stereocenters. The van der Waals surface area contributed by atoms with Crippen LogP contribution in [0.5, 0.6) is 5.75 Å². The van der Waals surface area contributed by atoms with Crippen LogP contribution in [-0.2, 0) is 14.3 Å². The minimum atomic E-state index is -0.407. The van der Waals surface area contributed by atoms with E-state index >= 15 is 0 Å². The number of hydrogen-bond donors (Lipinski definition) is 0. The first-order valence-electron chi connectivity index (χ1n) is 5.13. The Labute approximate surface area is 94.2 Å². The average Bonchev–Trinajstić information content (AvgIpc) is 2.30. The lowest BCUT2D eigenvalue weighted by molar-refractivity contribution is -0.145. The Bertz CT molecular complexity index is 345. The number of rotatable bonds is 5. The van der Waals surface area contributed by atoms with Crippen LogP contribution in [0.3, 0.4) is 0 Å². The van der Waals surface area contributed by atoms with Crippen molar-refractivity contribution in [1.82, 2.24) is 0 Å². The van der Waals surface area contributed by atoms with Gasteiger partial charge in [0.25, 0.3) is 0 Å². The minimum absolute atomic E-state index is 0.0678. The second-order valence-corrected chi connectivity index (χ2v) is 3.11. The van der Waals surface area contributed by atoms with Gasteiger partial charge in [-0.1, -0.05) is 25.1 Å². The largest absolute Gasteiger partial charge is 0.465 e. The zero-order chi connectivity index (χ0) is 11.8. The molecule has 86 valence electrons. The van der Waals surface area contributed by atoms with E-state index in [1.54, 1.807) is 31.2 Å². The molecule has 0 bridgehead atoms. The van der Waals surface area contributed by atoms with E-state index in [2.05, 4.69) is 0 Å². The molecule has 4 nitrogen and oxygen atoms in total. The summed E-state index contributed by atoms with van der Waals surface area (Å²) in [7, 11) is 0. The van der Waals surface area contributed by atoms with Gasteiger partial charge in [-0.15, -0.1) is 0 Å². The fourth-order valence-electron chi connectivity index (χ4n) is 1.02. The second-order valence-electron chi connectivity index (χ2n) is 3.11. The monoisotopic (exact) mass is 222 g/mol. The summed E-state index contributed by atoms with van der Waals surface area (Å²) in [6, 6.07) is 8.77. The molecular weight excluding hydrogens is 208 g/mol. The molecule has 0 amide bonds. The van der Waals surface area contributed by atoms with Crippen LogP contribution >= 0.6 is 0 Å². The van der Waals surface area contributed by atoms with Gasteiger partial charge in [0.2, 0.25) is 0 Å². The van der Waals surface area contributed by atoms with Crippen molar-refractivity contribution in [2.24, 2.45) is 0 Å². The summed E-state index contributed by atoms with van der Waals surface area (Å²) in [5, 5.41) is 0. The summed E-state index contributed by atoms with van der Waals surface area (Å²) >= 11 is 0. The third kappa shape index (κ3) is 4.59. The van der Waals surface area contributed by atoms with Gasteiger partial charge in [0.05, 0.1) is 6.42 Å². The molecule has 16 heavy (non-hydrogen) atoms. The average molecular weight is 222 g/mol. The lowest BCUT2D eigenvalue weighted by atomic mass is 10.3. The Balaban J connectivity index is 2.24. The summed E-state index contributed by atoms with van der Waals surface area (Å²) in [4.78, 5) is 22.0. The molecule has 0 N–H and O–H groups in total. The van der Waals surface area contributed by atoms with Crippen LogP contribution in [0.15, 0.2) is 30.3 Å². The van der Waals surface area contributed by atoms with Crippen molar-refractivity contribution >= 4 is 11.9 Å². The van der Waals surface area contributed by atoms with Gasteiger partial charge in [-0.05, 0) is 12.1 Å². The SMILES string of the molecule is CCC(=O)OCCC(=O)Oc1ccccc1. The van der Waals surface area contributed by atoms with Crippen LogP contribution in [0.1, 0.15) is 19.8 Å². The van der Waals surface area contributed by atoms with Crippen molar-refractivity contribution < 1.29 is 19.1 Å². The highest BCUT2D eigenvalue weighted by Gasteiger charge is 2.06. The maximum atomic E-state index is 11.3. The third-order valence-electron chi connectivity index (χ3n) is 1.83. The summed E-state index contributed by atoms with van der Waals surface area (Å²) < 4.78 is 9.76. The van der Waals surface area contributed by atoms with Crippen LogP contribution in [0.4, 0.5) is 0 Å². The van der Waals surface area contributed by atoms with Crippen LogP contribution in [0.2, 0.25) is 0 Å². The normalized spacial score (nSPS) is 9.56. The van der Waals surface area contributed by atoms with E-state index in [1.807, 2.05) is 6.07 Å². The van der Waals surface area contributed by atoms with E-state index < -0.39 is 5.97 Å². The summed E-state index contributed by atoms with van der Waals surface area (Å²) in [5.41, 5.74) is 0. The smallest absolute Gasteiger partial charge is 0.314 e. The Morgan fingerprint density at radius 2 is 1.81 bits per heavy atom. The quantitative estimate of drug-likeness (QED) is 0.564. The molecule has 0 aliphatic rings. The maximum absolute atomic E-state index is 11.3. The molecule has 0 saturated heterocycles. The predicted octanol–water partition coefficient (Wildman–Crippen LogP) is 1.94. The molecule has 1 aromatic rings. The molecule has 0 heterocycles. The van der Waals surface area contributed by atoms with Crippen molar-refractivity contribution in [3.05, 3.63) is 30.3 Å². The number of ether oxygens (including phenoxy) is 2. The van der Waals surface area contributed by atoms with Gasteiger partial charge >= 0.3 is 11.9 Å². The Hall–Kier alpha value is -1.84. The number of carbonyl (C=O) groups excluding carboxylic acids is 2. The molecule has 0 aromatic heterocycles. The molecule has 0 radical (unpaired) electrons. The highest BCUT2D eigenvalue weighted by molar-refractivity contribution is 5.73. The fraction of sp³-hybridized carbons (Fsp3) is 0.333. The lowest BCUT2D eigenvalue weighted by Crippen LogP contribution is -2.13. The Kier molecular flexibility index (Phi) is 5.05. The zero-order valence-electron chi connectivity index (χ0n) is 9.14. The summed E-state index contributed by atoms with van der Waals surface area (Å²) in [6.07, 6.45) is 0.383. The van der Waals surface area contributed by atoms with E-state index in [4.69, 9.17) is 9.47 Å². The Morgan fingerprint density at radius 3 is 2.44 bits per heavy atom. The van der Waals surface area contributed by atoms with Gasteiger partial charge in [0.15, 0.2) is 0 Å². The van der Waals surface area contributed by atoms with E-state index in [0.717, 1.165) is 0 Å². The molecule has 0 spiro atoms. The molecule has 0 saturated carbocycles. The topological polar surface area (TPSA) is 52.6 Å². The highest BCUT2D eigenvalue weighted by atomic mass is 16.5. The van der Waals surface area contributed by atoms with E-state index in [9.17, 15) is 9.59 Å². The van der Waals surface area contributed by atoms with E-state index in [1.165, 1.54) is 0 Å². The van der Waals surface area contributed by atoms with Crippen LogP contribution < -0.4 is 4.74 Å². The van der Waals surface area contributed by atoms with Gasteiger partial charge in [-0.3, -0.25) is 9.59 Å². The van der Waals surface area contributed by atoms with Gasteiger partial charge in [-0.2, -0.15) is 0 Å². The first kappa shape index (κ1) is 12.2. The van der Waals surface area contributed by atoms with Gasteiger partial charge in [-0.25, -0.2) is 0 Å². The van der Waals surface area contributed by atoms with Crippen LogP contribution in [-0.4, -0.2) is 18.5 Å². The first-order chi connectivity index (χ1) is 7.72. The molecule has 1 aromatic carbocycles. The number of benzene rings is 1. The number of esters is 2. The third-order valence-corrected chi connectivity index (χ3v) is 1.83. The molecular formula is C12H14O4. The second kappa shape index (κ2) is 6.61. The van der Waals surface area contributed by atoms with Gasteiger partial charge < -0.3 is 9.47 Å². The molecule has 0 fully saturated rings. The fourth-order valence-corrected chi connectivity index (χ4v) is 1.02. The van der Waals surface area contributed by atoms with Gasteiger partial charge in [0, 0.05) is 6.42 Å². The van der Waals surface area contributed by atoms with Crippen molar-refractivity contribution in [2.75, 3.05) is 6.61 Å². The molecule has 4 heteroatoms. The van der Waals surface area contributed by atoms with Crippen molar-refractivity contribution in [2.45, 2.75) is 19.8 Å². The first-order valence-corrected chi connectivity index (χ1v) is 5.13. The summed E-state index contributed by atoms with van der Waals surface area (Å²) in [5.74, 6) is -0.225. The lowest BCUT2D eigenvalue weighted by Gasteiger charge is -2.04. The zero-order valence-corrected chi connectivity index (χ0v) is 9.14. The molecule has 0 aliphatic carbocycles. The van der Waals surface area contributed by atoms with Crippen LogP contribution in [0.25, 0.3) is 0 Å². The number of carbonyl (C=O) groups is 2. The van der Waals surface area contributed by atoms with Crippen molar-refractivity contribution in [3.8, 4) is 5.75 Å². The van der Waals surface area contributed by atoms with Crippen LogP contribution in [0, 0.1) is 0 Å². The van der Waals surface area contributed by atoms with Gasteiger partial charge in [0.1, 0.15) is 12.4 Å². The van der Waals surface area contributed by atoms with Crippen molar-refractivity contribution in [1.29, 1.82) is 0 Å². The molecule has 0 unspecified atom stereocenters. The number of hydrogen-bond acceptors (Lipinski definition) is 4. The molecule has 0 aliphatic heterocycles. The Morgan fingerprint density at radius 1 is 1.12 bits per heavy atom. The van der Waals surface area contributed by atoms with E-state index in [-0.39, 0.29) is 19.0 Å².